The molecule has 1 N–H and O–H groups in total. The van der Waals surface area contributed by atoms with Crippen LogP contribution in [0.3, 0.4) is 0 Å². The molecule has 2 aromatic rings. The highest BCUT2D eigenvalue weighted by atomic mass is 32.1. The number of rotatable bonds is 4. The summed E-state index contributed by atoms with van der Waals surface area (Å²) in [6.45, 7) is 2.15. The molecule has 0 unspecified atom stereocenters. The summed E-state index contributed by atoms with van der Waals surface area (Å²) in [6.07, 6.45) is 0.986. The monoisotopic (exact) mass is 262 g/mol. The van der Waals surface area contributed by atoms with Gasteiger partial charge in [0.05, 0.1) is 6.04 Å². The lowest BCUT2D eigenvalue weighted by atomic mass is 10.2. The fraction of sp³-hybridized carbons (Fsp3) is 0.385. The van der Waals surface area contributed by atoms with Crippen molar-refractivity contribution in [3.8, 4) is 5.69 Å². The summed E-state index contributed by atoms with van der Waals surface area (Å²) in [4.78, 5) is 2.16. The predicted molar refractivity (Wildman–Crippen MR) is 75.5 cm³/mol. The Morgan fingerprint density at radius 1 is 1.33 bits per heavy atom. The number of benzene rings is 1. The number of para-hydroxylation sites is 1. The zero-order valence-electron chi connectivity index (χ0n) is 10.9. The number of nitrogens with one attached hydrogen (secondary N) is 1. The van der Waals surface area contributed by atoms with Crippen molar-refractivity contribution in [1.82, 2.24) is 19.7 Å². The molecule has 18 heavy (non-hydrogen) atoms. The van der Waals surface area contributed by atoms with Crippen LogP contribution in [0.15, 0.2) is 30.3 Å². The summed E-state index contributed by atoms with van der Waals surface area (Å²) < 4.78 is 2.64. The van der Waals surface area contributed by atoms with Crippen LogP contribution in [0.5, 0.6) is 0 Å². The van der Waals surface area contributed by atoms with Crippen LogP contribution in [-0.4, -0.2) is 33.8 Å². The third-order valence-corrected chi connectivity index (χ3v) is 3.29. The second-order valence-electron chi connectivity index (χ2n) is 4.45. The molecule has 1 aromatic carbocycles. The molecule has 0 aliphatic heterocycles. The van der Waals surface area contributed by atoms with Gasteiger partial charge in [0.1, 0.15) is 0 Å². The number of hydrogen-bond donors (Lipinski definition) is 1. The summed E-state index contributed by atoms with van der Waals surface area (Å²) in [5, 5.41) is 7.28. The Morgan fingerprint density at radius 3 is 2.56 bits per heavy atom. The molecular formula is C13H18N4S. The van der Waals surface area contributed by atoms with Gasteiger partial charge in [0.15, 0.2) is 10.6 Å². The van der Waals surface area contributed by atoms with Gasteiger partial charge in [0.2, 0.25) is 0 Å². The molecule has 0 radical (unpaired) electrons. The fourth-order valence-corrected chi connectivity index (χ4v) is 2.38. The average molecular weight is 262 g/mol. The molecule has 1 aromatic heterocycles. The molecule has 0 fully saturated rings. The molecule has 5 heteroatoms. The fourth-order valence-electron chi connectivity index (χ4n) is 2.14. The minimum atomic E-state index is 0.248. The number of nitrogens with zero attached hydrogens (tertiary/aromatic N) is 3. The Balaban J connectivity index is 2.55. The Labute approximate surface area is 112 Å². The highest BCUT2D eigenvalue weighted by molar-refractivity contribution is 7.71. The van der Waals surface area contributed by atoms with Gasteiger partial charge in [-0.25, -0.2) is 0 Å². The van der Waals surface area contributed by atoms with E-state index in [1.165, 1.54) is 0 Å². The Hall–Kier alpha value is -1.46. The summed E-state index contributed by atoms with van der Waals surface area (Å²) in [7, 11) is 4.11. The van der Waals surface area contributed by atoms with Crippen LogP contribution in [0.25, 0.3) is 5.69 Å². The van der Waals surface area contributed by atoms with Gasteiger partial charge in [0.25, 0.3) is 0 Å². The minimum absolute atomic E-state index is 0.248. The van der Waals surface area contributed by atoms with Gasteiger partial charge >= 0.3 is 0 Å². The molecular weight excluding hydrogens is 244 g/mol. The quantitative estimate of drug-likeness (QED) is 0.861. The topological polar surface area (TPSA) is 36.9 Å². The number of hydrogen-bond acceptors (Lipinski definition) is 3. The molecule has 96 valence electrons. The van der Waals surface area contributed by atoms with Crippen molar-refractivity contribution < 1.29 is 0 Å². The van der Waals surface area contributed by atoms with Crippen molar-refractivity contribution in [1.29, 1.82) is 0 Å². The standard InChI is InChI=1S/C13H18N4S/c1-4-11(16(2)3)12-14-15-13(18)17(12)10-8-6-5-7-9-10/h5-9,11H,4H2,1-3H3,(H,15,18)/t11-/m0/s1. The maximum atomic E-state index is 5.33. The summed E-state index contributed by atoms with van der Waals surface area (Å²) in [6, 6.07) is 10.3. The molecule has 0 bridgehead atoms. The van der Waals surface area contributed by atoms with Gasteiger partial charge in [-0.15, -0.1) is 0 Å². The third kappa shape index (κ3) is 2.37. The molecule has 0 saturated carbocycles. The minimum Gasteiger partial charge on any atom is -0.300 e. The van der Waals surface area contributed by atoms with Crippen LogP contribution in [0, 0.1) is 4.77 Å². The third-order valence-electron chi connectivity index (χ3n) is 3.02. The largest absolute Gasteiger partial charge is 0.300 e. The first-order chi connectivity index (χ1) is 8.65. The summed E-state index contributed by atoms with van der Waals surface area (Å²) in [5.74, 6) is 0.957. The first kappa shape index (κ1) is 13.0. The molecule has 1 atom stereocenters. The van der Waals surface area contributed by atoms with E-state index in [0.29, 0.717) is 4.77 Å². The Kier molecular flexibility index (Phi) is 3.93. The van der Waals surface area contributed by atoms with E-state index in [0.717, 1.165) is 17.9 Å². The van der Waals surface area contributed by atoms with Gasteiger partial charge in [0, 0.05) is 5.69 Å². The maximum absolute atomic E-state index is 5.33. The zero-order chi connectivity index (χ0) is 13.1. The molecule has 0 amide bonds. The molecule has 1 heterocycles. The lowest BCUT2D eigenvalue weighted by molar-refractivity contribution is 0.277. The van der Waals surface area contributed by atoms with Crippen molar-refractivity contribution in [2.45, 2.75) is 19.4 Å². The van der Waals surface area contributed by atoms with E-state index in [-0.39, 0.29) is 6.04 Å². The zero-order valence-corrected chi connectivity index (χ0v) is 11.7. The number of H-pyrrole nitrogens is 1. The summed E-state index contributed by atoms with van der Waals surface area (Å²) >= 11 is 5.33. The highest BCUT2D eigenvalue weighted by Crippen LogP contribution is 2.22. The Morgan fingerprint density at radius 2 is 2.00 bits per heavy atom. The van der Waals surface area contributed by atoms with E-state index in [2.05, 4.69) is 36.1 Å². The van der Waals surface area contributed by atoms with E-state index in [4.69, 9.17) is 12.2 Å². The van der Waals surface area contributed by atoms with E-state index in [9.17, 15) is 0 Å². The van der Waals surface area contributed by atoms with E-state index in [1.54, 1.807) is 0 Å². The Bertz CT molecular complexity index is 556. The lowest BCUT2D eigenvalue weighted by Crippen LogP contribution is -2.22. The smallest absolute Gasteiger partial charge is 0.199 e. The van der Waals surface area contributed by atoms with E-state index < -0.39 is 0 Å². The van der Waals surface area contributed by atoms with Gasteiger partial charge < -0.3 is 0 Å². The van der Waals surface area contributed by atoms with Gasteiger partial charge in [-0.2, -0.15) is 5.10 Å². The normalized spacial score (nSPS) is 12.9. The van der Waals surface area contributed by atoms with Crippen LogP contribution >= 0.6 is 12.2 Å². The van der Waals surface area contributed by atoms with Crippen LogP contribution in [-0.2, 0) is 0 Å². The molecule has 0 saturated heterocycles. The van der Waals surface area contributed by atoms with Gasteiger partial charge in [-0.1, -0.05) is 25.1 Å². The average Bonchev–Trinajstić information content (AvgIpc) is 2.73. The van der Waals surface area contributed by atoms with E-state index >= 15 is 0 Å². The first-order valence-corrected chi connectivity index (χ1v) is 6.45. The summed E-state index contributed by atoms with van der Waals surface area (Å²) in [5.41, 5.74) is 1.05. The van der Waals surface area contributed by atoms with Crippen molar-refractivity contribution in [3.05, 3.63) is 40.9 Å². The van der Waals surface area contributed by atoms with Crippen LogP contribution in [0.1, 0.15) is 25.2 Å². The molecule has 0 spiro atoms. The lowest BCUT2D eigenvalue weighted by Gasteiger charge is -2.22. The van der Waals surface area contributed by atoms with Crippen molar-refractivity contribution in [2.75, 3.05) is 14.1 Å². The molecule has 0 aliphatic carbocycles. The van der Waals surface area contributed by atoms with Crippen LogP contribution in [0.2, 0.25) is 0 Å². The molecule has 4 nitrogen and oxygen atoms in total. The number of aromatic amines is 1. The van der Waals surface area contributed by atoms with Gasteiger partial charge in [-0.3, -0.25) is 14.6 Å². The van der Waals surface area contributed by atoms with E-state index in [1.807, 2.05) is 34.9 Å². The predicted octanol–water partition coefficient (Wildman–Crippen LogP) is 2.94. The van der Waals surface area contributed by atoms with Crippen molar-refractivity contribution in [2.24, 2.45) is 0 Å². The van der Waals surface area contributed by atoms with Gasteiger partial charge in [-0.05, 0) is 44.9 Å². The first-order valence-electron chi connectivity index (χ1n) is 6.04. The number of aromatic nitrogens is 3. The maximum Gasteiger partial charge on any atom is 0.199 e. The molecule has 0 aliphatic rings. The van der Waals surface area contributed by atoms with Crippen molar-refractivity contribution >= 4 is 12.2 Å². The van der Waals surface area contributed by atoms with Crippen molar-refractivity contribution in [3.63, 3.8) is 0 Å². The second kappa shape index (κ2) is 5.46. The SMILES string of the molecule is CC[C@@H](c1n[nH]c(=S)n1-c1ccccc1)N(C)C. The van der Waals surface area contributed by atoms with Crippen LogP contribution in [0.4, 0.5) is 0 Å². The molecule has 2 rings (SSSR count). The van der Waals surface area contributed by atoms with Crippen LogP contribution < -0.4 is 0 Å². The highest BCUT2D eigenvalue weighted by Gasteiger charge is 2.19. The second-order valence-corrected chi connectivity index (χ2v) is 4.83.